The third kappa shape index (κ3) is 17.1. The third-order valence-corrected chi connectivity index (χ3v) is 12.6. The number of benzene rings is 1. The molecule has 1 aromatic carbocycles. The summed E-state index contributed by atoms with van der Waals surface area (Å²) in [5, 5.41) is 42.9. The van der Waals surface area contributed by atoms with E-state index in [1.165, 1.54) is 32.9 Å². The molecule has 19 nitrogen and oxygen atoms in total. The number of ketones is 1. The van der Waals surface area contributed by atoms with Crippen LogP contribution in [0.5, 0.6) is 5.75 Å². The van der Waals surface area contributed by atoms with E-state index in [2.05, 4.69) is 21.3 Å². The lowest BCUT2D eigenvalue weighted by atomic mass is 9.91. The van der Waals surface area contributed by atoms with E-state index in [0.29, 0.717) is 30.6 Å². The Balaban J connectivity index is 2.22. The van der Waals surface area contributed by atoms with Crippen LogP contribution in [-0.2, 0) is 49.5 Å². The van der Waals surface area contributed by atoms with Crippen molar-refractivity contribution < 1.29 is 63.1 Å². The van der Waals surface area contributed by atoms with Gasteiger partial charge in [0.15, 0.2) is 11.9 Å². The molecular weight excluding hydrogens is 881 g/mol. The fraction of sp³-hybridized carbons (Fsp3) is 0.714. The van der Waals surface area contributed by atoms with Gasteiger partial charge in [-0.05, 0) is 87.9 Å². The van der Waals surface area contributed by atoms with Crippen molar-refractivity contribution in [1.82, 2.24) is 31.1 Å². The zero-order valence-corrected chi connectivity index (χ0v) is 42.4. The number of hydrogen-bond acceptors (Lipinski definition) is 13. The van der Waals surface area contributed by atoms with Gasteiger partial charge in [0, 0.05) is 20.0 Å². The van der Waals surface area contributed by atoms with Gasteiger partial charge in [-0.2, -0.15) is 0 Å². The van der Waals surface area contributed by atoms with E-state index in [1.807, 2.05) is 34.6 Å². The summed E-state index contributed by atoms with van der Waals surface area (Å²) in [6.45, 7) is 17.2. The number of hydrogen-bond donors (Lipinski definition) is 7. The van der Waals surface area contributed by atoms with Crippen LogP contribution in [0.2, 0.25) is 0 Å². The molecule has 1 heterocycles. The number of methoxy groups -OCH3 is 1. The van der Waals surface area contributed by atoms with Crippen LogP contribution in [-0.4, -0.2) is 155 Å². The number of aliphatic hydroxyl groups excluding tert-OH is 2. The van der Waals surface area contributed by atoms with Gasteiger partial charge in [0.2, 0.25) is 29.5 Å². The number of likely N-dealkylation sites (N-methyl/N-ethyl adjacent to an activating group) is 2. The van der Waals surface area contributed by atoms with Gasteiger partial charge in [0.1, 0.15) is 29.9 Å². The number of aliphatic carboxylic acids is 1. The highest BCUT2D eigenvalue weighted by Gasteiger charge is 2.43. The molecule has 0 unspecified atom stereocenters. The maximum Gasteiger partial charge on any atom is 0.326 e. The molecule has 0 saturated carbocycles. The highest BCUT2D eigenvalue weighted by molar-refractivity contribution is 6.05. The SMILES string of the molecule is CC[C@H](C)[C@H](NC(=O)[C@@H](NC(=O)[C@@H](CC(C)C)NC)[C@@H](C)O)[C@@H](O)CC(=O)O[C@H](C(=O)[C@H](C)C(=O)N[C@@H](CC(C)C)C(=O)N1CCC[C@H]1C(=O)N(C)[C@@H](Cc1ccc(OC)cc1)C(=O)O)C(C)C. The number of rotatable bonds is 28. The lowest BCUT2D eigenvalue weighted by Gasteiger charge is -2.34. The Morgan fingerprint density at radius 1 is 0.824 bits per heavy atom. The van der Waals surface area contributed by atoms with Gasteiger partial charge >= 0.3 is 11.9 Å². The largest absolute Gasteiger partial charge is 0.497 e. The Morgan fingerprint density at radius 3 is 1.91 bits per heavy atom. The molecule has 2 rings (SSSR count). The van der Waals surface area contributed by atoms with Crippen LogP contribution in [0.4, 0.5) is 0 Å². The number of esters is 1. The summed E-state index contributed by atoms with van der Waals surface area (Å²) in [5.74, 6) is -7.98. The minimum Gasteiger partial charge on any atom is -0.497 e. The number of aliphatic hydroxyl groups is 2. The summed E-state index contributed by atoms with van der Waals surface area (Å²) in [6.07, 6.45) is -3.09. The number of carboxylic acids is 1. The molecule has 0 aliphatic carbocycles. The number of amides is 5. The van der Waals surface area contributed by atoms with E-state index in [0.717, 1.165) is 4.90 Å². The van der Waals surface area contributed by atoms with Crippen molar-refractivity contribution in [2.45, 2.75) is 169 Å². The van der Waals surface area contributed by atoms with Gasteiger partial charge in [0.05, 0.1) is 43.7 Å². The van der Waals surface area contributed by atoms with Crippen molar-refractivity contribution >= 4 is 47.3 Å². The van der Waals surface area contributed by atoms with Gasteiger partial charge in [-0.1, -0.05) is 73.9 Å². The molecule has 11 atom stereocenters. The number of ether oxygens (including phenoxy) is 2. The van der Waals surface area contributed by atoms with Gasteiger partial charge < -0.3 is 55.9 Å². The lowest BCUT2D eigenvalue weighted by molar-refractivity contribution is -0.162. The first kappa shape index (κ1) is 59.0. The van der Waals surface area contributed by atoms with Crippen molar-refractivity contribution in [2.75, 3.05) is 27.7 Å². The van der Waals surface area contributed by atoms with Crippen molar-refractivity contribution in [3.63, 3.8) is 0 Å². The fourth-order valence-corrected chi connectivity index (χ4v) is 8.24. The van der Waals surface area contributed by atoms with E-state index in [1.54, 1.807) is 52.1 Å². The second kappa shape index (κ2) is 27.8. The molecule has 68 heavy (non-hydrogen) atoms. The van der Waals surface area contributed by atoms with Gasteiger partial charge in [-0.25, -0.2) is 4.79 Å². The minimum absolute atomic E-state index is 0.00815. The molecule has 1 aliphatic rings. The quantitative estimate of drug-likeness (QED) is 0.0469. The van der Waals surface area contributed by atoms with Gasteiger partial charge in [0.25, 0.3) is 0 Å². The summed E-state index contributed by atoms with van der Waals surface area (Å²) in [6, 6.07) is 0.388. The Labute approximate surface area is 402 Å². The molecule has 0 radical (unpaired) electrons. The smallest absolute Gasteiger partial charge is 0.326 e. The third-order valence-electron chi connectivity index (χ3n) is 12.6. The summed E-state index contributed by atoms with van der Waals surface area (Å²) in [4.78, 5) is 111. The summed E-state index contributed by atoms with van der Waals surface area (Å²) < 4.78 is 10.8. The summed E-state index contributed by atoms with van der Waals surface area (Å²) in [7, 11) is 4.51. The van der Waals surface area contributed by atoms with Crippen LogP contribution in [0.3, 0.4) is 0 Å². The van der Waals surface area contributed by atoms with Crippen molar-refractivity contribution in [1.29, 1.82) is 0 Å². The molecule has 1 fully saturated rings. The molecule has 384 valence electrons. The van der Waals surface area contributed by atoms with Crippen LogP contribution >= 0.6 is 0 Å². The van der Waals surface area contributed by atoms with Crippen LogP contribution in [0.25, 0.3) is 0 Å². The van der Waals surface area contributed by atoms with E-state index in [4.69, 9.17) is 9.47 Å². The van der Waals surface area contributed by atoms with Crippen molar-refractivity contribution in [3.8, 4) is 5.75 Å². The predicted octanol–water partition coefficient (Wildman–Crippen LogP) is 2.23. The lowest BCUT2D eigenvalue weighted by Crippen LogP contribution is -2.60. The fourth-order valence-electron chi connectivity index (χ4n) is 8.24. The Bertz CT molecular complexity index is 1860. The van der Waals surface area contributed by atoms with Crippen LogP contribution in [0.1, 0.15) is 113 Å². The first-order valence-corrected chi connectivity index (χ1v) is 23.9. The number of carboxylic acid groups (broad SMARTS) is 1. The zero-order chi connectivity index (χ0) is 51.7. The topological polar surface area (TPSA) is 270 Å². The van der Waals surface area contributed by atoms with E-state index < -0.39 is 126 Å². The van der Waals surface area contributed by atoms with Crippen molar-refractivity contribution in [3.05, 3.63) is 29.8 Å². The number of carbonyl (C=O) groups excluding carboxylic acids is 7. The molecule has 5 amide bonds. The van der Waals surface area contributed by atoms with Crippen LogP contribution in [0.15, 0.2) is 24.3 Å². The zero-order valence-electron chi connectivity index (χ0n) is 42.4. The molecule has 0 spiro atoms. The minimum atomic E-state index is -1.52. The second-order valence-corrected chi connectivity index (χ2v) is 19.4. The maximum atomic E-state index is 14.2. The molecule has 1 saturated heterocycles. The number of carbonyl (C=O) groups is 8. The molecule has 19 heteroatoms. The molecule has 1 aliphatic heterocycles. The predicted molar refractivity (Wildman–Crippen MR) is 254 cm³/mol. The monoisotopic (exact) mass is 961 g/mol. The van der Waals surface area contributed by atoms with E-state index in [9.17, 15) is 53.7 Å². The second-order valence-electron chi connectivity index (χ2n) is 19.4. The highest BCUT2D eigenvalue weighted by Crippen LogP contribution is 2.25. The maximum absolute atomic E-state index is 14.2. The molecular formula is C49H80N6O13. The normalized spacial score (nSPS) is 18.3. The molecule has 1 aromatic rings. The van der Waals surface area contributed by atoms with E-state index >= 15 is 0 Å². The first-order chi connectivity index (χ1) is 31.8. The Morgan fingerprint density at radius 2 is 1.41 bits per heavy atom. The van der Waals surface area contributed by atoms with Gasteiger partial charge in [-0.3, -0.25) is 33.6 Å². The first-order valence-electron chi connectivity index (χ1n) is 23.9. The standard InChI is InChI=1S/C49H80N6O13/c1-14-29(8)40(52-46(62)41(31(10)56)53-45(61)34(50-11)22-26(2)3)38(57)25-39(58)68-43(28(6)7)42(59)30(9)44(60)51-35(23-27(4)5)47(63)55-21-15-16-36(55)48(64)54(12)37(49(65)66)24-32-17-19-33(67-13)20-18-32/h17-20,26-31,34-38,40-41,43,50,56-57H,14-16,21-25H2,1-13H3,(H,51,60)(H,52,62)(H,53,61)(H,65,66)/t29-,30-,31+,34+,35-,36-,37-,38-,40-,41-,43-/m0/s1. The van der Waals surface area contributed by atoms with Crippen LogP contribution in [0, 0.1) is 29.6 Å². The van der Waals surface area contributed by atoms with Crippen LogP contribution < -0.4 is 26.0 Å². The molecule has 7 N–H and O–H groups in total. The van der Waals surface area contributed by atoms with Crippen molar-refractivity contribution in [2.24, 2.45) is 29.6 Å². The Kier molecular flexibility index (Phi) is 24.1. The number of nitrogens with one attached hydrogen (secondary N) is 4. The summed E-state index contributed by atoms with van der Waals surface area (Å²) >= 11 is 0. The average Bonchev–Trinajstić information content (AvgIpc) is 3.78. The number of nitrogens with zero attached hydrogens (tertiary/aromatic N) is 2. The molecule has 0 bridgehead atoms. The average molecular weight is 961 g/mol. The number of Topliss-reactive ketones (excluding diaryl/α,β-unsaturated/α-hetero) is 1. The van der Waals surface area contributed by atoms with Gasteiger partial charge in [-0.15, -0.1) is 0 Å². The summed E-state index contributed by atoms with van der Waals surface area (Å²) in [5.41, 5.74) is 0.663. The number of likely N-dealkylation sites (tertiary alicyclic amines) is 1. The highest BCUT2D eigenvalue weighted by atomic mass is 16.5. The molecule has 0 aromatic heterocycles. The van der Waals surface area contributed by atoms with E-state index in [-0.39, 0.29) is 37.6 Å². The Hall–Kier alpha value is -5.14.